The third kappa shape index (κ3) is 4.76. The van der Waals surface area contributed by atoms with Gasteiger partial charge in [-0.2, -0.15) is 5.26 Å². The predicted molar refractivity (Wildman–Crippen MR) is 109 cm³/mol. The number of nitrogens with zero attached hydrogens (tertiary/aromatic N) is 1. The Hall–Kier alpha value is -3.17. The van der Waals surface area contributed by atoms with Crippen LogP contribution in [-0.4, -0.2) is 26.7 Å². The van der Waals surface area contributed by atoms with Gasteiger partial charge in [0.05, 0.1) is 20.8 Å². The number of anilines is 1. The highest BCUT2D eigenvalue weighted by Gasteiger charge is 2.16. The van der Waals surface area contributed by atoms with Crippen LogP contribution in [0, 0.1) is 18.3 Å². The zero-order valence-electron chi connectivity index (χ0n) is 16.1. The summed E-state index contributed by atoms with van der Waals surface area (Å²) in [6.07, 6.45) is 1.45. The number of benzene rings is 2. The zero-order valence-corrected chi connectivity index (χ0v) is 16.9. The molecular formula is C21H21ClN2O4. The number of halogens is 1. The molecule has 28 heavy (non-hydrogen) atoms. The lowest BCUT2D eigenvalue weighted by Crippen LogP contribution is -2.14. The first kappa shape index (κ1) is 21.1. The molecule has 0 aliphatic carbocycles. The summed E-state index contributed by atoms with van der Waals surface area (Å²) >= 11 is 6.08. The van der Waals surface area contributed by atoms with Gasteiger partial charge in [0.2, 0.25) is 5.75 Å². The van der Waals surface area contributed by atoms with E-state index in [-0.39, 0.29) is 5.57 Å². The van der Waals surface area contributed by atoms with E-state index in [1.54, 1.807) is 37.3 Å². The summed E-state index contributed by atoms with van der Waals surface area (Å²) in [5.74, 6) is 0.800. The van der Waals surface area contributed by atoms with Crippen molar-refractivity contribution < 1.29 is 19.0 Å². The van der Waals surface area contributed by atoms with Crippen molar-refractivity contribution in [3.63, 3.8) is 0 Å². The number of hydrogen-bond acceptors (Lipinski definition) is 5. The number of methoxy groups -OCH3 is 2. The SMILES string of the molecule is CCOc1c(OC)cc(/C=C(/C#N)C(=O)Nc2cccc(Cl)c2C)cc1OC. The molecule has 0 heterocycles. The van der Waals surface area contributed by atoms with Gasteiger partial charge >= 0.3 is 0 Å². The summed E-state index contributed by atoms with van der Waals surface area (Å²) in [5.41, 5.74) is 1.75. The van der Waals surface area contributed by atoms with Gasteiger partial charge in [-0.15, -0.1) is 0 Å². The molecule has 1 N–H and O–H groups in total. The topological polar surface area (TPSA) is 80.6 Å². The van der Waals surface area contributed by atoms with Crippen LogP contribution in [-0.2, 0) is 4.79 Å². The van der Waals surface area contributed by atoms with Gasteiger partial charge in [0, 0.05) is 10.7 Å². The molecule has 146 valence electrons. The fraction of sp³-hybridized carbons (Fsp3) is 0.238. The molecular weight excluding hydrogens is 380 g/mol. The number of nitrogens with one attached hydrogen (secondary N) is 1. The number of amides is 1. The molecule has 0 spiro atoms. The van der Waals surface area contributed by atoms with Gasteiger partial charge in [-0.05, 0) is 55.3 Å². The number of hydrogen-bond donors (Lipinski definition) is 1. The minimum atomic E-state index is -0.542. The van der Waals surface area contributed by atoms with Crippen molar-refractivity contribution in [2.75, 3.05) is 26.1 Å². The van der Waals surface area contributed by atoms with Crippen molar-refractivity contribution >= 4 is 29.3 Å². The largest absolute Gasteiger partial charge is 0.493 e. The highest BCUT2D eigenvalue weighted by Crippen LogP contribution is 2.39. The Labute approximate surface area is 169 Å². The summed E-state index contributed by atoms with van der Waals surface area (Å²) < 4.78 is 16.3. The Bertz CT molecular complexity index is 923. The highest BCUT2D eigenvalue weighted by molar-refractivity contribution is 6.31. The lowest BCUT2D eigenvalue weighted by molar-refractivity contribution is -0.112. The van der Waals surface area contributed by atoms with Gasteiger partial charge in [-0.1, -0.05) is 17.7 Å². The molecule has 0 bridgehead atoms. The second-order valence-corrected chi connectivity index (χ2v) is 6.13. The first-order valence-corrected chi connectivity index (χ1v) is 8.90. The maximum absolute atomic E-state index is 12.6. The minimum absolute atomic E-state index is 0.0763. The molecule has 0 aromatic heterocycles. The summed E-state index contributed by atoms with van der Waals surface area (Å²) in [5, 5.41) is 12.7. The Kier molecular flexibility index (Phi) is 7.30. The maximum Gasteiger partial charge on any atom is 0.266 e. The number of ether oxygens (including phenoxy) is 3. The molecule has 1 amide bonds. The van der Waals surface area contributed by atoms with Crippen LogP contribution in [0.1, 0.15) is 18.1 Å². The molecule has 0 saturated carbocycles. The van der Waals surface area contributed by atoms with E-state index >= 15 is 0 Å². The zero-order chi connectivity index (χ0) is 20.7. The highest BCUT2D eigenvalue weighted by atomic mass is 35.5. The smallest absolute Gasteiger partial charge is 0.266 e. The number of nitriles is 1. The van der Waals surface area contributed by atoms with Gasteiger partial charge in [0.15, 0.2) is 11.5 Å². The second-order valence-electron chi connectivity index (χ2n) is 5.72. The predicted octanol–water partition coefficient (Wildman–Crippen LogP) is 4.61. The van der Waals surface area contributed by atoms with Crippen molar-refractivity contribution in [3.05, 3.63) is 52.1 Å². The summed E-state index contributed by atoms with van der Waals surface area (Å²) in [6, 6.07) is 10.4. The lowest BCUT2D eigenvalue weighted by atomic mass is 10.1. The van der Waals surface area contributed by atoms with Crippen LogP contribution < -0.4 is 19.5 Å². The monoisotopic (exact) mass is 400 g/mol. The van der Waals surface area contributed by atoms with Crippen LogP contribution in [0.3, 0.4) is 0 Å². The Balaban J connectivity index is 2.39. The molecule has 2 aromatic rings. The first-order chi connectivity index (χ1) is 13.4. The van der Waals surface area contributed by atoms with E-state index in [1.165, 1.54) is 20.3 Å². The van der Waals surface area contributed by atoms with Crippen molar-refractivity contribution in [3.8, 4) is 23.3 Å². The van der Waals surface area contributed by atoms with Crippen molar-refractivity contribution in [2.24, 2.45) is 0 Å². The van der Waals surface area contributed by atoms with Crippen molar-refractivity contribution in [2.45, 2.75) is 13.8 Å². The second kappa shape index (κ2) is 9.67. The van der Waals surface area contributed by atoms with Gasteiger partial charge in [0.25, 0.3) is 5.91 Å². The normalized spacial score (nSPS) is 10.8. The maximum atomic E-state index is 12.6. The third-order valence-corrected chi connectivity index (χ3v) is 4.37. The lowest BCUT2D eigenvalue weighted by Gasteiger charge is -2.14. The molecule has 6 nitrogen and oxygen atoms in total. The fourth-order valence-electron chi connectivity index (χ4n) is 2.52. The average Bonchev–Trinajstić information content (AvgIpc) is 2.70. The number of rotatable bonds is 7. The van der Waals surface area contributed by atoms with Crippen LogP contribution in [0.25, 0.3) is 6.08 Å². The van der Waals surface area contributed by atoms with Crippen molar-refractivity contribution in [1.29, 1.82) is 5.26 Å². The van der Waals surface area contributed by atoms with Crippen LogP contribution in [0.5, 0.6) is 17.2 Å². The van der Waals surface area contributed by atoms with E-state index in [9.17, 15) is 10.1 Å². The van der Waals surface area contributed by atoms with Gasteiger partial charge in [-0.3, -0.25) is 4.79 Å². The van der Waals surface area contributed by atoms with Crippen LogP contribution >= 0.6 is 11.6 Å². The summed E-state index contributed by atoms with van der Waals surface area (Å²) in [7, 11) is 3.01. The van der Waals surface area contributed by atoms with Gasteiger partial charge in [-0.25, -0.2) is 0 Å². The summed E-state index contributed by atoms with van der Waals surface area (Å²) in [4.78, 5) is 12.6. The quantitative estimate of drug-likeness (QED) is 0.542. The standard InChI is InChI=1S/C21H21ClN2O4/c1-5-28-20-18(26-3)10-14(11-19(20)27-4)9-15(12-23)21(25)24-17-8-6-7-16(22)13(17)2/h6-11H,5H2,1-4H3,(H,24,25)/b15-9-. The third-order valence-electron chi connectivity index (χ3n) is 3.96. The van der Waals surface area contributed by atoms with E-state index in [1.807, 2.05) is 13.0 Å². The van der Waals surface area contributed by atoms with Crippen molar-refractivity contribution in [1.82, 2.24) is 0 Å². The number of carbonyl (C=O) groups excluding carboxylic acids is 1. The van der Waals surface area contributed by atoms with E-state index < -0.39 is 5.91 Å². The molecule has 0 radical (unpaired) electrons. The molecule has 0 aliphatic rings. The van der Waals surface area contributed by atoms with Crippen LogP contribution in [0.15, 0.2) is 35.9 Å². The average molecular weight is 401 g/mol. The molecule has 0 aliphatic heterocycles. The summed E-state index contributed by atoms with van der Waals surface area (Å²) in [6.45, 7) is 4.07. The molecule has 0 unspecified atom stereocenters. The van der Waals surface area contributed by atoms with Crippen LogP contribution in [0.2, 0.25) is 5.02 Å². The molecule has 2 aromatic carbocycles. The van der Waals surface area contributed by atoms with E-state index in [0.717, 1.165) is 5.56 Å². The molecule has 0 atom stereocenters. The van der Waals surface area contributed by atoms with Gasteiger partial charge in [0.1, 0.15) is 11.6 Å². The van der Waals surface area contributed by atoms with E-state index in [2.05, 4.69) is 5.32 Å². The number of carbonyl (C=O) groups is 1. The van der Waals surface area contributed by atoms with E-state index in [4.69, 9.17) is 25.8 Å². The molecule has 2 rings (SSSR count). The molecule has 0 saturated heterocycles. The molecule has 0 fully saturated rings. The van der Waals surface area contributed by atoms with Crippen LogP contribution in [0.4, 0.5) is 5.69 Å². The van der Waals surface area contributed by atoms with E-state index in [0.29, 0.717) is 40.1 Å². The van der Waals surface area contributed by atoms with Gasteiger partial charge < -0.3 is 19.5 Å². The first-order valence-electron chi connectivity index (χ1n) is 8.52. The Morgan fingerprint density at radius 1 is 1.25 bits per heavy atom. The fourth-order valence-corrected chi connectivity index (χ4v) is 2.69. The molecule has 7 heteroatoms. The Morgan fingerprint density at radius 3 is 2.43 bits per heavy atom. The Morgan fingerprint density at radius 2 is 1.89 bits per heavy atom. The minimum Gasteiger partial charge on any atom is -0.493 e.